The van der Waals surface area contributed by atoms with Gasteiger partial charge in [-0.1, -0.05) is 295 Å². The predicted octanol–water partition coefficient (Wildman–Crippen LogP) is 28.3. The average molecular weight is 1400 g/mol. The molecule has 0 N–H and O–H groups in total. The number of para-hydroxylation sites is 2. The standard InChI is InChI=1S/2C53H36N2/c1-53(2)45-19-9-7-18-42(45)51-46(53)27-26-41-44-32-37(24-29-50(44)55(52(41)51)47-21-11-15-34-13-5-6-16-39(34)47)36-23-28-49-43(31-36)40-17-8-10-20-48(40)54(49)38-25-22-33-12-3-4-14-35(33)30-38;1-53(2)46-19-9-7-17-40(46)42-26-27-43-45-32-37(24-29-50(45)55(52(43)51(42)53)47-21-11-15-34-13-5-6-16-39(34)47)36-23-28-49-44(31-36)41-18-8-10-20-48(41)54(49)38-25-22-33-12-3-4-14-35(33)30-38/h2*3-32H,1-2H3. The third kappa shape index (κ3) is 8.96. The van der Waals surface area contributed by atoms with Gasteiger partial charge in [-0.25, -0.2) is 0 Å². The van der Waals surface area contributed by atoms with Crippen LogP contribution in [0.1, 0.15) is 49.9 Å². The minimum atomic E-state index is -0.157. The summed E-state index contributed by atoms with van der Waals surface area (Å²) in [5, 5.41) is 20.2. The summed E-state index contributed by atoms with van der Waals surface area (Å²) in [6, 6.07) is 135. The van der Waals surface area contributed by atoms with Gasteiger partial charge >= 0.3 is 0 Å². The molecule has 0 amide bonds. The molecular formula is C106H72N4. The Bertz CT molecular complexity index is 7720. The highest BCUT2D eigenvalue weighted by Crippen LogP contribution is 2.56. The second kappa shape index (κ2) is 23.4. The van der Waals surface area contributed by atoms with E-state index in [4.69, 9.17) is 0 Å². The Kier molecular flexibility index (Phi) is 13.2. The summed E-state index contributed by atoms with van der Waals surface area (Å²) >= 11 is 0. The fourth-order valence-corrected chi connectivity index (χ4v) is 19.8. The van der Waals surface area contributed by atoms with Crippen molar-refractivity contribution in [3.63, 3.8) is 0 Å². The number of hydrogen-bond acceptors (Lipinski definition) is 0. The van der Waals surface area contributed by atoms with Gasteiger partial charge in [0.25, 0.3) is 0 Å². The molecule has 0 fully saturated rings. The third-order valence-corrected chi connectivity index (χ3v) is 24.9. The molecule has 0 unspecified atom stereocenters. The topological polar surface area (TPSA) is 19.7 Å². The van der Waals surface area contributed by atoms with Crippen molar-refractivity contribution >= 4 is 130 Å². The summed E-state index contributed by atoms with van der Waals surface area (Å²) in [6.45, 7) is 9.55. The molecule has 110 heavy (non-hydrogen) atoms. The maximum atomic E-state index is 2.56. The van der Waals surface area contributed by atoms with Gasteiger partial charge in [-0.05, 0) is 191 Å². The molecule has 0 bridgehead atoms. The van der Waals surface area contributed by atoms with E-state index in [1.807, 2.05) is 0 Å². The van der Waals surface area contributed by atoms with E-state index in [1.165, 1.54) is 220 Å². The highest BCUT2D eigenvalue weighted by molar-refractivity contribution is 6.20. The summed E-state index contributed by atoms with van der Waals surface area (Å²) in [7, 11) is 0. The van der Waals surface area contributed by atoms with Gasteiger partial charge in [0.2, 0.25) is 0 Å². The highest BCUT2D eigenvalue weighted by Gasteiger charge is 2.40. The number of aromatic nitrogens is 4. The van der Waals surface area contributed by atoms with Crippen LogP contribution in [0.2, 0.25) is 0 Å². The first-order valence-electron chi connectivity index (χ1n) is 38.5. The van der Waals surface area contributed by atoms with E-state index in [-0.39, 0.29) is 10.8 Å². The normalized spacial score (nSPS) is 13.4. The first-order chi connectivity index (χ1) is 54.1. The molecule has 4 aromatic heterocycles. The number of fused-ring (bicyclic) bond motifs is 24. The minimum absolute atomic E-state index is 0.0905. The summed E-state index contributed by atoms with van der Waals surface area (Å²) < 4.78 is 9.95. The van der Waals surface area contributed by atoms with Crippen LogP contribution >= 0.6 is 0 Å². The van der Waals surface area contributed by atoms with Crippen LogP contribution in [0.25, 0.3) is 198 Å². The molecule has 516 valence electrons. The minimum Gasteiger partial charge on any atom is -0.309 e. The van der Waals surface area contributed by atoms with Gasteiger partial charge in [-0.3, -0.25) is 0 Å². The van der Waals surface area contributed by atoms with Gasteiger partial charge < -0.3 is 18.3 Å². The van der Waals surface area contributed by atoms with Gasteiger partial charge in [0, 0.05) is 81.6 Å². The molecule has 0 saturated carbocycles. The number of nitrogens with zero attached hydrogens (tertiary/aromatic N) is 4. The third-order valence-electron chi connectivity index (χ3n) is 24.9. The molecule has 4 heteroatoms. The Morgan fingerprint density at radius 3 is 1.09 bits per heavy atom. The molecule has 0 aliphatic heterocycles. The second-order valence-corrected chi connectivity index (χ2v) is 31.5. The maximum Gasteiger partial charge on any atom is 0.0622 e. The van der Waals surface area contributed by atoms with Crippen LogP contribution in [0.3, 0.4) is 0 Å². The summed E-state index contributed by atoms with van der Waals surface area (Å²) in [4.78, 5) is 0. The summed E-state index contributed by atoms with van der Waals surface area (Å²) in [5.74, 6) is 0. The van der Waals surface area contributed by atoms with Crippen molar-refractivity contribution in [1.82, 2.24) is 18.3 Å². The number of rotatable bonds is 6. The molecule has 2 aliphatic rings. The SMILES string of the molecule is CC1(C)c2ccccc2-c2c1ccc1c3cc(-c4ccc5c(c4)c4ccccc4n5-c4ccc5ccccc5c4)ccc3n(-c3cccc4ccccc34)c21.CC1(C)c2ccccc2-c2ccc3c4cc(-c5ccc6c(c5)c5ccccc5n6-c5ccc6ccccc6c5)ccc4n(-c4cccc5ccccc45)c3c21. The largest absolute Gasteiger partial charge is 0.309 e. The van der Waals surface area contributed by atoms with E-state index in [0.717, 1.165) is 0 Å². The zero-order valence-corrected chi connectivity index (χ0v) is 61.4. The van der Waals surface area contributed by atoms with Gasteiger partial charge in [0.15, 0.2) is 0 Å². The smallest absolute Gasteiger partial charge is 0.0622 e. The fraction of sp³-hybridized carbons (Fsp3) is 0.0566. The lowest BCUT2D eigenvalue weighted by atomic mass is 9.81. The Balaban J connectivity index is 0.000000132. The molecule has 4 nitrogen and oxygen atoms in total. The molecule has 0 radical (unpaired) electrons. The molecule has 0 saturated heterocycles. The molecule has 18 aromatic carbocycles. The van der Waals surface area contributed by atoms with E-state index in [1.54, 1.807) is 0 Å². The van der Waals surface area contributed by atoms with Gasteiger partial charge in [-0.15, -0.1) is 0 Å². The Labute approximate surface area is 636 Å². The first kappa shape index (κ1) is 62.4. The zero-order valence-electron chi connectivity index (χ0n) is 61.4. The van der Waals surface area contributed by atoms with Crippen LogP contribution in [0.15, 0.2) is 364 Å². The van der Waals surface area contributed by atoms with Crippen LogP contribution in [-0.4, -0.2) is 18.3 Å². The van der Waals surface area contributed by atoms with Crippen LogP contribution in [-0.2, 0) is 10.8 Å². The summed E-state index contributed by atoms with van der Waals surface area (Å²) in [6.07, 6.45) is 0. The lowest BCUT2D eigenvalue weighted by Gasteiger charge is -2.24. The molecule has 24 rings (SSSR count). The number of hydrogen-bond donors (Lipinski definition) is 0. The highest BCUT2D eigenvalue weighted by atomic mass is 15.0. The van der Waals surface area contributed by atoms with Crippen LogP contribution < -0.4 is 0 Å². The molecule has 0 spiro atoms. The zero-order chi connectivity index (χ0) is 72.8. The number of benzene rings is 18. The monoisotopic (exact) mass is 1400 g/mol. The summed E-state index contributed by atoms with van der Waals surface area (Å²) in [5.41, 5.74) is 30.3. The van der Waals surface area contributed by atoms with Crippen molar-refractivity contribution in [2.45, 2.75) is 38.5 Å². The van der Waals surface area contributed by atoms with Crippen LogP contribution in [0, 0.1) is 0 Å². The lowest BCUT2D eigenvalue weighted by molar-refractivity contribution is 0.661. The van der Waals surface area contributed by atoms with Crippen LogP contribution in [0.5, 0.6) is 0 Å². The quantitative estimate of drug-likeness (QED) is 0.158. The van der Waals surface area contributed by atoms with E-state index < -0.39 is 0 Å². The van der Waals surface area contributed by atoms with Crippen molar-refractivity contribution in [2.75, 3.05) is 0 Å². The van der Waals surface area contributed by atoms with Crippen molar-refractivity contribution in [3.8, 4) is 67.3 Å². The van der Waals surface area contributed by atoms with Gasteiger partial charge in [0.05, 0.1) is 55.5 Å². The lowest BCUT2D eigenvalue weighted by Crippen LogP contribution is -2.16. The molecule has 22 aromatic rings. The Hall–Kier alpha value is -13.8. The molecule has 0 atom stereocenters. The molecule has 4 heterocycles. The van der Waals surface area contributed by atoms with Crippen molar-refractivity contribution < 1.29 is 0 Å². The maximum absolute atomic E-state index is 2.56. The fourth-order valence-electron chi connectivity index (χ4n) is 19.8. The van der Waals surface area contributed by atoms with Gasteiger partial charge in [-0.2, -0.15) is 0 Å². The molecular weight excluding hydrogens is 1330 g/mol. The first-order valence-corrected chi connectivity index (χ1v) is 38.5. The van der Waals surface area contributed by atoms with E-state index in [9.17, 15) is 0 Å². The van der Waals surface area contributed by atoms with Gasteiger partial charge in [0.1, 0.15) is 0 Å². The average Bonchev–Trinajstić information content (AvgIpc) is 1.53. The van der Waals surface area contributed by atoms with Crippen molar-refractivity contribution in [3.05, 3.63) is 386 Å². The van der Waals surface area contributed by atoms with Crippen molar-refractivity contribution in [1.29, 1.82) is 0 Å². The van der Waals surface area contributed by atoms with E-state index in [2.05, 4.69) is 410 Å². The van der Waals surface area contributed by atoms with Crippen molar-refractivity contribution in [2.24, 2.45) is 0 Å². The second-order valence-electron chi connectivity index (χ2n) is 31.5. The molecule has 2 aliphatic carbocycles. The van der Waals surface area contributed by atoms with E-state index in [0.29, 0.717) is 0 Å². The predicted molar refractivity (Wildman–Crippen MR) is 466 cm³/mol. The van der Waals surface area contributed by atoms with E-state index >= 15 is 0 Å². The Morgan fingerprint density at radius 1 is 0.200 bits per heavy atom. The Morgan fingerprint density at radius 2 is 0.573 bits per heavy atom. The van der Waals surface area contributed by atoms with Crippen LogP contribution in [0.4, 0.5) is 0 Å².